The summed E-state index contributed by atoms with van der Waals surface area (Å²) in [6.45, 7) is 4.53. The lowest BCUT2D eigenvalue weighted by Gasteiger charge is -2.12. The Labute approximate surface area is 190 Å². The number of oxime groups is 1. The van der Waals surface area contributed by atoms with Gasteiger partial charge in [-0.05, 0) is 30.5 Å². The van der Waals surface area contributed by atoms with Crippen molar-refractivity contribution >= 4 is 52.6 Å². The van der Waals surface area contributed by atoms with Crippen molar-refractivity contribution in [2.45, 2.75) is 33.0 Å². The molecule has 2 rings (SSSR count). The molecule has 0 radical (unpaired) electrons. The van der Waals surface area contributed by atoms with Crippen molar-refractivity contribution in [2.24, 2.45) is 5.16 Å². The molecule has 0 amide bonds. The van der Waals surface area contributed by atoms with Crippen molar-refractivity contribution in [2.75, 3.05) is 6.61 Å². The average molecular weight is 477 g/mol. The highest BCUT2D eigenvalue weighted by atomic mass is 35.5. The molecule has 0 aromatic heterocycles. The number of hydrogen-bond acceptors (Lipinski definition) is 4. The van der Waals surface area contributed by atoms with Crippen molar-refractivity contribution in [1.82, 2.24) is 0 Å². The maximum absolute atomic E-state index is 6.27. The van der Waals surface area contributed by atoms with Crippen LogP contribution in [-0.2, 0) is 11.4 Å². The second-order valence-corrected chi connectivity index (χ2v) is 7.93. The van der Waals surface area contributed by atoms with E-state index in [9.17, 15) is 0 Å². The van der Waals surface area contributed by atoms with Crippen LogP contribution in [0.15, 0.2) is 52.1 Å². The first-order chi connectivity index (χ1) is 13.9. The molecule has 4 nitrogen and oxygen atoms in total. The fourth-order valence-electron chi connectivity index (χ4n) is 2.08. The SMILES string of the molecule is CCC(C)ON=Cc1ccc(COc2c(Cl)cc(OCC=C(Cl)Cl)cc2Cl)cc1. The van der Waals surface area contributed by atoms with E-state index in [1.54, 1.807) is 18.3 Å². The first-order valence-corrected chi connectivity index (χ1v) is 10.4. The molecule has 2 aromatic rings. The Kier molecular flexibility index (Phi) is 9.95. The topological polar surface area (TPSA) is 40.0 Å². The predicted octanol–water partition coefficient (Wildman–Crippen LogP) is 7.42. The molecule has 2 aromatic carbocycles. The van der Waals surface area contributed by atoms with Crippen molar-refractivity contribution in [1.29, 1.82) is 0 Å². The van der Waals surface area contributed by atoms with Gasteiger partial charge in [0.25, 0.3) is 0 Å². The fraction of sp³-hybridized carbons (Fsp3) is 0.286. The van der Waals surface area contributed by atoms with Gasteiger partial charge in [0.2, 0.25) is 0 Å². The van der Waals surface area contributed by atoms with Crippen LogP contribution in [0.5, 0.6) is 11.5 Å². The van der Waals surface area contributed by atoms with E-state index in [0.29, 0.717) is 28.2 Å². The Morgan fingerprint density at radius 1 is 1.07 bits per heavy atom. The molecule has 0 aliphatic carbocycles. The van der Waals surface area contributed by atoms with E-state index in [0.717, 1.165) is 17.5 Å². The molecule has 8 heteroatoms. The van der Waals surface area contributed by atoms with Crippen LogP contribution in [-0.4, -0.2) is 18.9 Å². The lowest BCUT2D eigenvalue weighted by molar-refractivity contribution is 0.0712. The van der Waals surface area contributed by atoms with Crippen LogP contribution in [0.25, 0.3) is 0 Å². The highest BCUT2D eigenvalue weighted by Gasteiger charge is 2.11. The molecule has 0 aliphatic rings. The Balaban J connectivity index is 1.94. The van der Waals surface area contributed by atoms with Gasteiger partial charge < -0.3 is 14.3 Å². The van der Waals surface area contributed by atoms with Gasteiger partial charge in [0, 0.05) is 12.1 Å². The smallest absolute Gasteiger partial charge is 0.157 e. The van der Waals surface area contributed by atoms with E-state index in [4.69, 9.17) is 60.7 Å². The van der Waals surface area contributed by atoms with E-state index < -0.39 is 0 Å². The molecule has 0 saturated carbocycles. The summed E-state index contributed by atoms with van der Waals surface area (Å²) in [4.78, 5) is 5.29. The van der Waals surface area contributed by atoms with Gasteiger partial charge in [0.15, 0.2) is 5.75 Å². The molecule has 156 valence electrons. The van der Waals surface area contributed by atoms with Gasteiger partial charge in [-0.25, -0.2) is 0 Å². The summed E-state index contributed by atoms with van der Waals surface area (Å²) in [5.74, 6) is 0.876. The molecule has 0 bridgehead atoms. The Morgan fingerprint density at radius 2 is 1.72 bits per heavy atom. The third-order valence-electron chi connectivity index (χ3n) is 3.84. The Hall–Kier alpha value is -1.59. The van der Waals surface area contributed by atoms with Gasteiger partial charge in [-0.3, -0.25) is 0 Å². The summed E-state index contributed by atoms with van der Waals surface area (Å²) in [6, 6.07) is 11.0. The summed E-state index contributed by atoms with van der Waals surface area (Å²) in [7, 11) is 0. The summed E-state index contributed by atoms with van der Waals surface area (Å²) in [5.41, 5.74) is 1.89. The molecular formula is C21H21Cl4NO3. The number of benzene rings is 2. The molecule has 1 atom stereocenters. The zero-order chi connectivity index (χ0) is 21.2. The predicted molar refractivity (Wildman–Crippen MR) is 121 cm³/mol. The van der Waals surface area contributed by atoms with Crippen molar-refractivity contribution in [3.8, 4) is 11.5 Å². The molecule has 0 aliphatic heterocycles. The van der Waals surface area contributed by atoms with E-state index in [1.165, 1.54) is 6.08 Å². The Bertz CT molecular complexity index is 826. The molecule has 1 unspecified atom stereocenters. The normalized spacial score (nSPS) is 11.9. The molecule has 29 heavy (non-hydrogen) atoms. The maximum atomic E-state index is 6.27. The lowest BCUT2D eigenvalue weighted by atomic mass is 10.1. The monoisotopic (exact) mass is 475 g/mol. The van der Waals surface area contributed by atoms with Crippen LogP contribution < -0.4 is 9.47 Å². The van der Waals surface area contributed by atoms with Crippen LogP contribution >= 0.6 is 46.4 Å². The van der Waals surface area contributed by atoms with E-state index in [-0.39, 0.29) is 17.2 Å². The molecular weight excluding hydrogens is 456 g/mol. The standard InChI is InChI=1S/C21H21Cl4NO3/c1-3-14(2)29-26-12-15-4-6-16(7-5-15)13-28-21-18(22)10-17(11-19(21)23)27-9-8-20(24)25/h4-8,10-12,14H,3,9,13H2,1-2H3. The zero-order valence-corrected chi connectivity index (χ0v) is 19.0. The van der Waals surface area contributed by atoms with Crippen LogP contribution in [0.2, 0.25) is 10.0 Å². The summed E-state index contributed by atoms with van der Waals surface area (Å²) in [6.07, 6.45) is 4.19. The molecule has 0 saturated heterocycles. The van der Waals surface area contributed by atoms with Gasteiger partial charge >= 0.3 is 0 Å². The average Bonchev–Trinajstić information content (AvgIpc) is 2.68. The number of ether oxygens (including phenoxy) is 2. The number of nitrogens with zero attached hydrogens (tertiary/aromatic N) is 1. The quantitative estimate of drug-likeness (QED) is 0.264. The van der Waals surface area contributed by atoms with Crippen LogP contribution in [0, 0.1) is 0 Å². The summed E-state index contributed by atoms with van der Waals surface area (Å²) in [5, 5.41) is 4.67. The summed E-state index contributed by atoms with van der Waals surface area (Å²) >= 11 is 23.6. The second-order valence-electron chi connectivity index (χ2n) is 6.11. The molecule has 0 N–H and O–H groups in total. The highest BCUT2D eigenvalue weighted by molar-refractivity contribution is 6.55. The maximum Gasteiger partial charge on any atom is 0.157 e. The minimum atomic E-state index is 0.0970. The van der Waals surface area contributed by atoms with Gasteiger partial charge in [-0.15, -0.1) is 0 Å². The van der Waals surface area contributed by atoms with Gasteiger partial charge in [0.1, 0.15) is 29.6 Å². The van der Waals surface area contributed by atoms with E-state index in [1.807, 2.05) is 38.1 Å². The lowest BCUT2D eigenvalue weighted by Crippen LogP contribution is -2.01. The van der Waals surface area contributed by atoms with Gasteiger partial charge in [-0.1, -0.05) is 82.7 Å². The van der Waals surface area contributed by atoms with Crippen molar-refractivity contribution < 1.29 is 14.3 Å². The zero-order valence-electron chi connectivity index (χ0n) is 16.0. The van der Waals surface area contributed by atoms with Gasteiger partial charge in [0.05, 0.1) is 16.3 Å². The molecule has 0 fully saturated rings. The van der Waals surface area contributed by atoms with Crippen LogP contribution in [0.3, 0.4) is 0 Å². The summed E-state index contributed by atoms with van der Waals surface area (Å²) < 4.78 is 11.4. The highest BCUT2D eigenvalue weighted by Crippen LogP contribution is 2.37. The van der Waals surface area contributed by atoms with E-state index >= 15 is 0 Å². The number of halogens is 4. The third kappa shape index (κ3) is 8.35. The minimum Gasteiger partial charge on any atom is -0.489 e. The van der Waals surface area contributed by atoms with Crippen LogP contribution in [0.4, 0.5) is 0 Å². The number of rotatable bonds is 10. The molecule has 0 heterocycles. The first-order valence-electron chi connectivity index (χ1n) is 8.93. The third-order valence-corrected chi connectivity index (χ3v) is 4.71. The van der Waals surface area contributed by atoms with Crippen molar-refractivity contribution in [3.63, 3.8) is 0 Å². The largest absolute Gasteiger partial charge is 0.489 e. The van der Waals surface area contributed by atoms with Crippen LogP contribution in [0.1, 0.15) is 31.4 Å². The second kappa shape index (κ2) is 12.2. The van der Waals surface area contributed by atoms with Gasteiger partial charge in [-0.2, -0.15) is 0 Å². The minimum absolute atomic E-state index is 0.0970. The number of hydrogen-bond donors (Lipinski definition) is 0. The Morgan fingerprint density at radius 3 is 2.31 bits per heavy atom. The first kappa shape index (κ1) is 23.7. The van der Waals surface area contributed by atoms with E-state index in [2.05, 4.69) is 5.16 Å². The molecule has 0 spiro atoms. The van der Waals surface area contributed by atoms with Crippen molar-refractivity contribution in [3.05, 3.63) is 68.1 Å². The fourth-order valence-corrected chi connectivity index (χ4v) is 2.79.